The number of carbonyl (C=O) groups is 3. The number of nitrogens with one attached hydrogen (secondary N) is 2. The minimum atomic E-state index is -0.635. The van der Waals surface area contributed by atoms with E-state index >= 15 is 0 Å². The first-order chi connectivity index (χ1) is 13.7. The van der Waals surface area contributed by atoms with E-state index in [1.807, 2.05) is 0 Å². The molecular weight excluding hydrogens is 372 g/mol. The quantitative estimate of drug-likeness (QED) is 0.574. The SMILES string of the molecule is COC(=O)c1cccc(C=CC(=O)Nc2ccccc2NC(=O)OC(C)(C)C)c1. The van der Waals surface area contributed by atoms with Gasteiger partial charge >= 0.3 is 12.1 Å². The summed E-state index contributed by atoms with van der Waals surface area (Å²) in [7, 11) is 1.31. The van der Waals surface area contributed by atoms with Gasteiger partial charge < -0.3 is 14.8 Å². The smallest absolute Gasteiger partial charge is 0.412 e. The third-order valence-corrected chi connectivity index (χ3v) is 3.56. The lowest BCUT2D eigenvalue weighted by Crippen LogP contribution is -2.27. The van der Waals surface area contributed by atoms with Crippen LogP contribution < -0.4 is 10.6 Å². The van der Waals surface area contributed by atoms with Gasteiger partial charge in [0.2, 0.25) is 5.91 Å². The number of hydrogen-bond donors (Lipinski definition) is 2. The summed E-state index contributed by atoms with van der Waals surface area (Å²) in [6.07, 6.45) is 2.29. The van der Waals surface area contributed by atoms with E-state index in [2.05, 4.69) is 15.4 Å². The summed E-state index contributed by atoms with van der Waals surface area (Å²) in [6.45, 7) is 5.29. The molecule has 0 aliphatic heterocycles. The average Bonchev–Trinajstić information content (AvgIpc) is 2.66. The summed E-state index contributed by atoms with van der Waals surface area (Å²) in [6, 6.07) is 13.5. The first kappa shape index (κ1) is 21.7. The number of rotatable bonds is 5. The molecule has 0 aliphatic rings. The molecule has 0 bridgehead atoms. The van der Waals surface area contributed by atoms with Crippen molar-refractivity contribution in [1.82, 2.24) is 0 Å². The van der Waals surface area contributed by atoms with Gasteiger partial charge in [-0.15, -0.1) is 0 Å². The van der Waals surface area contributed by atoms with Crippen molar-refractivity contribution in [3.63, 3.8) is 0 Å². The highest BCUT2D eigenvalue weighted by atomic mass is 16.6. The zero-order chi connectivity index (χ0) is 21.4. The van der Waals surface area contributed by atoms with Crippen molar-refractivity contribution in [2.45, 2.75) is 26.4 Å². The maximum Gasteiger partial charge on any atom is 0.412 e. The van der Waals surface area contributed by atoms with Crippen molar-refractivity contribution in [1.29, 1.82) is 0 Å². The molecule has 0 radical (unpaired) electrons. The Balaban J connectivity index is 2.07. The summed E-state index contributed by atoms with van der Waals surface area (Å²) >= 11 is 0. The van der Waals surface area contributed by atoms with E-state index < -0.39 is 23.6 Å². The van der Waals surface area contributed by atoms with Crippen LogP contribution >= 0.6 is 0 Å². The van der Waals surface area contributed by atoms with Crippen LogP contribution in [0, 0.1) is 0 Å². The summed E-state index contributed by atoms with van der Waals surface area (Å²) in [4.78, 5) is 35.9. The van der Waals surface area contributed by atoms with Crippen LogP contribution in [0.1, 0.15) is 36.7 Å². The molecule has 0 fully saturated rings. The second-order valence-corrected chi connectivity index (χ2v) is 7.11. The van der Waals surface area contributed by atoms with E-state index in [9.17, 15) is 14.4 Å². The normalized spacial score (nSPS) is 11.0. The Bertz CT molecular complexity index is 929. The van der Waals surface area contributed by atoms with Crippen molar-refractivity contribution >= 4 is 35.4 Å². The van der Waals surface area contributed by atoms with E-state index in [0.717, 1.165) is 0 Å². The lowest BCUT2D eigenvalue weighted by Gasteiger charge is -2.20. The van der Waals surface area contributed by atoms with Crippen molar-refractivity contribution < 1.29 is 23.9 Å². The van der Waals surface area contributed by atoms with Gasteiger partial charge in [0.15, 0.2) is 0 Å². The number of carbonyl (C=O) groups excluding carboxylic acids is 3. The number of benzene rings is 2. The number of esters is 1. The molecule has 2 amide bonds. The van der Waals surface area contributed by atoms with E-state index in [1.165, 1.54) is 13.2 Å². The fourth-order valence-electron chi connectivity index (χ4n) is 2.35. The Hall–Kier alpha value is -3.61. The predicted molar refractivity (Wildman–Crippen MR) is 112 cm³/mol. The number of anilines is 2. The second kappa shape index (κ2) is 9.54. The number of methoxy groups -OCH3 is 1. The topological polar surface area (TPSA) is 93.7 Å². The lowest BCUT2D eigenvalue weighted by molar-refractivity contribution is -0.111. The van der Waals surface area contributed by atoms with Gasteiger partial charge in [-0.3, -0.25) is 10.1 Å². The standard InChI is InChI=1S/C22H24N2O5/c1-22(2,3)29-21(27)24-18-11-6-5-10-17(18)23-19(25)13-12-15-8-7-9-16(14-15)20(26)28-4/h5-14H,1-4H3,(H,23,25)(H,24,27). The van der Waals surface area contributed by atoms with Gasteiger partial charge in [0, 0.05) is 6.08 Å². The first-order valence-electron chi connectivity index (χ1n) is 8.94. The van der Waals surface area contributed by atoms with E-state index in [4.69, 9.17) is 4.74 Å². The Kier molecular flexibility index (Phi) is 7.14. The van der Waals surface area contributed by atoms with Crippen molar-refractivity contribution in [2.75, 3.05) is 17.7 Å². The van der Waals surface area contributed by atoms with Crippen molar-refractivity contribution in [3.05, 3.63) is 65.7 Å². The molecule has 0 saturated heterocycles. The largest absolute Gasteiger partial charge is 0.465 e. The highest BCUT2D eigenvalue weighted by Crippen LogP contribution is 2.22. The predicted octanol–water partition coefficient (Wildman–Crippen LogP) is 4.47. The molecule has 0 unspecified atom stereocenters. The molecule has 0 heterocycles. The number of amides is 2. The fourth-order valence-corrected chi connectivity index (χ4v) is 2.35. The molecule has 2 aromatic carbocycles. The lowest BCUT2D eigenvalue weighted by atomic mass is 10.1. The van der Waals surface area contributed by atoms with Gasteiger partial charge in [-0.2, -0.15) is 0 Å². The van der Waals surface area contributed by atoms with Gasteiger partial charge in [0.05, 0.1) is 24.0 Å². The number of ether oxygens (including phenoxy) is 2. The summed E-state index contributed by atoms with van der Waals surface area (Å²) < 4.78 is 9.92. The average molecular weight is 396 g/mol. The van der Waals surface area contributed by atoms with Crippen molar-refractivity contribution in [3.8, 4) is 0 Å². The third kappa shape index (κ3) is 7.14. The summed E-state index contributed by atoms with van der Waals surface area (Å²) in [5.74, 6) is -0.848. The van der Waals surface area contributed by atoms with Gasteiger partial charge in [0.1, 0.15) is 5.60 Å². The third-order valence-electron chi connectivity index (χ3n) is 3.56. The fraction of sp³-hybridized carbons (Fsp3) is 0.227. The zero-order valence-corrected chi connectivity index (χ0v) is 16.8. The molecule has 2 N–H and O–H groups in total. The Labute approximate surface area is 169 Å². The maximum absolute atomic E-state index is 12.3. The minimum Gasteiger partial charge on any atom is -0.465 e. The van der Waals surface area contributed by atoms with Crippen LogP contribution in [-0.2, 0) is 14.3 Å². The van der Waals surface area contributed by atoms with Gasteiger partial charge in [0.25, 0.3) is 0 Å². The van der Waals surface area contributed by atoms with Gasteiger partial charge in [-0.1, -0.05) is 24.3 Å². The first-order valence-corrected chi connectivity index (χ1v) is 8.94. The Morgan fingerprint density at radius 3 is 2.21 bits per heavy atom. The Morgan fingerprint density at radius 2 is 1.59 bits per heavy atom. The van der Waals surface area contributed by atoms with E-state index in [-0.39, 0.29) is 0 Å². The van der Waals surface area contributed by atoms with Crippen LogP contribution in [0.15, 0.2) is 54.6 Å². The molecule has 0 atom stereocenters. The summed E-state index contributed by atoms with van der Waals surface area (Å²) in [5.41, 5.74) is 1.27. The minimum absolute atomic E-state index is 0.391. The molecule has 152 valence electrons. The molecule has 0 aliphatic carbocycles. The molecule has 7 heteroatoms. The molecule has 0 spiro atoms. The molecule has 7 nitrogen and oxygen atoms in total. The van der Waals surface area contributed by atoms with Gasteiger partial charge in [-0.05, 0) is 56.7 Å². The molecule has 2 rings (SSSR count). The van der Waals surface area contributed by atoms with Gasteiger partial charge in [-0.25, -0.2) is 9.59 Å². The number of hydrogen-bond acceptors (Lipinski definition) is 5. The molecule has 29 heavy (non-hydrogen) atoms. The van der Waals surface area contributed by atoms with Crippen LogP contribution in [0.25, 0.3) is 6.08 Å². The van der Waals surface area contributed by atoms with Crippen LogP contribution in [0.5, 0.6) is 0 Å². The van der Waals surface area contributed by atoms with Crippen LogP contribution in [0.2, 0.25) is 0 Å². The Morgan fingerprint density at radius 1 is 0.931 bits per heavy atom. The molecule has 0 aromatic heterocycles. The molecular formula is C22H24N2O5. The second-order valence-electron chi connectivity index (χ2n) is 7.11. The zero-order valence-electron chi connectivity index (χ0n) is 16.8. The van der Waals surface area contributed by atoms with E-state index in [1.54, 1.807) is 75.4 Å². The highest BCUT2D eigenvalue weighted by molar-refractivity contribution is 6.05. The maximum atomic E-state index is 12.3. The van der Waals surface area contributed by atoms with E-state index in [0.29, 0.717) is 22.5 Å². The number of para-hydroxylation sites is 2. The molecule has 2 aromatic rings. The van der Waals surface area contributed by atoms with Crippen LogP contribution in [0.4, 0.5) is 16.2 Å². The highest BCUT2D eigenvalue weighted by Gasteiger charge is 2.17. The van der Waals surface area contributed by atoms with Crippen LogP contribution in [-0.4, -0.2) is 30.7 Å². The molecule has 0 saturated carbocycles. The van der Waals surface area contributed by atoms with Crippen LogP contribution in [0.3, 0.4) is 0 Å². The summed E-state index contributed by atoms with van der Waals surface area (Å²) in [5, 5.41) is 5.33. The van der Waals surface area contributed by atoms with Crippen molar-refractivity contribution in [2.24, 2.45) is 0 Å². The monoisotopic (exact) mass is 396 g/mol.